The fourth-order valence-corrected chi connectivity index (χ4v) is 1.84. The van der Waals surface area contributed by atoms with Gasteiger partial charge in [0.15, 0.2) is 11.3 Å². The van der Waals surface area contributed by atoms with Crippen molar-refractivity contribution in [1.82, 2.24) is 0 Å². The van der Waals surface area contributed by atoms with E-state index in [4.69, 9.17) is 18.9 Å². The highest BCUT2D eigenvalue weighted by Gasteiger charge is 1.99. The van der Waals surface area contributed by atoms with Gasteiger partial charge in [0.1, 0.15) is 6.61 Å². The molecule has 0 aliphatic carbocycles. The summed E-state index contributed by atoms with van der Waals surface area (Å²) >= 11 is 1.33. The van der Waals surface area contributed by atoms with Crippen LogP contribution in [0.3, 0.4) is 0 Å². The monoisotopic (exact) mass is 274 g/mol. The zero-order chi connectivity index (χ0) is 13.1. The van der Waals surface area contributed by atoms with Crippen LogP contribution in [0.2, 0.25) is 0 Å². The molecule has 1 aromatic heterocycles. The third-order valence-electron chi connectivity index (χ3n) is 1.99. The predicted octanol–water partition coefficient (Wildman–Crippen LogP) is 1.62. The molecule has 0 bridgehead atoms. The summed E-state index contributed by atoms with van der Waals surface area (Å²) < 4.78 is 20.8. The van der Waals surface area contributed by atoms with Crippen LogP contribution in [-0.4, -0.2) is 53.0 Å². The van der Waals surface area contributed by atoms with E-state index in [1.54, 1.807) is 19.2 Å². The van der Waals surface area contributed by atoms with Crippen LogP contribution in [0, 0.1) is 0 Å². The largest absolute Gasteiger partial charge is 0.482 e. The maximum Gasteiger partial charge on any atom is 0.174 e. The Morgan fingerprint density at radius 1 is 1.06 bits per heavy atom. The van der Waals surface area contributed by atoms with E-state index in [0.29, 0.717) is 44.5 Å². The van der Waals surface area contributed by atoms with Gasteiger partial charge >= 0.3 is 0 Å². The Morgan fingerprint density at radius 2 is 1.72 bits per heavy atom. The Morgan fingerprint density at radius 3 is 2.33 bits per heavy atom. The molecule has 0 saturated heterocycles. The van der Waals surface area contributed by atoms with Crippen molar-refractivity contribution in [3.63, 3.8) is 0 Å². The van der Waals surface area contributed by atoms with Gasteiger partial charge in [0, 0.05) is 7.11 Å². The fourth-order valence-electron chi connectivity index (χ4n) is 1.14. The number of carbonyl (C=O) groups excluding carboxylic acids is 1. The number of aldehydes is 1. The Bertz CT molecular complexity index is 326. The molecule has 1 aromatic rings. The van der Waals surface area contributed by atoms with E-state index in [1.807, 2.05) is 0 Å². The predicted molar refractivity (Wildman–Crippen MR) is 68.7 cm³/mol. The number of rotatable bonds is 11. The quantitative estimate of drug-likeness (QED) is 0.453. The Hall–Kier alpha value is -0.950. The third kappa shape index (κ3) is 6.70. The lowest BCUT2D eigenvalue weighted by Gasteiger charge is -2.06. The molecule has 0 spiro atoms. The third-order valence-corrected chi connectivity index (χ3v) is 2.92. The number of carbonyl (C=O) groups is 1. The fraction of sp³-hybridized carbons (Fsp3) is 0.583. The number of ether oxygens (including phenoxy) is 4. The molecule has 0 atom stereocenters. The van der Waals surface area contributed by atoms with E-state index < -0.39 is 0 Å². The van der Waals surface area contributed by atoms with Crippen LogP contribution in [0.1, 0.15) is 9.67 Å². The molecule has 102 valence electrons. The van der Waals surface area contributed by atoms with E-state index in [2.05, 4.69) is 0 Å². The first-order valence-corrected chi connectivity index (χ1v) is 6.50. The molecule has 0 aliphatic rings. The highest BCUT2D eigenvalue weighted by Crippen LogP contribution is 2.22. The van der Waals surface area contributed by atoms with Crippen LogP contribution in [0.5, 0.6) is 5.06 Å². The number of hydrogen-bond acceptors (Lipinski definition) is 6. The van der Waals surface area contributed by atoms with Gasteiger partial charge in [0.2, 0.25) is 0 Å². The van der Waals surface area contributed by atoms with Crippen molar-refractivity contribution in [3.8, 4) is 5.06 Å². The normalized spacial score (nSPS) is 10.5. The Kier molecular flexibility index (Phi) is 8.41. The molecule has 0 amide bonds. The molecule has 1 heterocycles. The zero-order valence-corrected chi connectivity index (χ0v) is 11.2. The molecule has 6 heteroatoms. The topological polar surface area (TPSA) is 54.0 Å². The smallest absolute Gasteiger partial charge is 0.174 e. The molecule has 0 saturated carbocycles. The molecule has 0 aliphatic heterocycles. The van der Waals surface area contributed by atoms with Crippen molar-refractivity contribution in [3.05, 3.63) is 17.0 Å². The van der Waals surface area contributed by atoms with Gasteiger partial charge in [0.25, 0.3) is 0 Å². The van der Waals surface area contributed by atoms with Crippen molar-refractivity contribution in [2.75, 3.05) is 46.8 Å². The van der Waals surface area contributed by atoms with Crippen molar-refractivity contribution < 1.29 is 23.7 Å². The molecular weight excluding hydrogens is 256 g/mol. The Balaban J connectivity index is 1.91. The maximum atomic E-state index is 10.5. The summed E-state index contributed by atoms with van der Waals surface area (Å²) in [5.41, 5.74) is 0. The molecule has 1 rings (SSSR count). The summed E-state index contributed by atoms with van der Waals surface area (Å²) in [6.45, 7) is 3.24. The van der Waals surface area contributed by atoms with Crippen LogP contribution in [-0.2, 0) is 14.2 Å². The van der Waals surface area contributed by atoms with E-state index in [-0.39, 0.29) is 0 Å². The van der Waals surface area contributed by atoms with Gasteiger partial charge in [-0.25, -0.2) is 0 Å². The number of hydrogen-bond donors (Lipinski definition) is 0. The average Bonchev–Trinajstić information content (AvgIpc) is 2.85. The minimum Gasteiger partial charge on any atom is -0.482 e. The average molecular weight is 274 g/mol. The van der Waals surface area contributed by atoms with E-state index in [9.17, 15) is 4.79 Å². The SMILES string of the molecule is COCCOCCOCCOc1ccc(C=O)s1. The van der Waals surface area contributed by atoms with Crippen LogP contribution >= 0.6 is 11.3 Å². The van der Waals surface area contributed by atoms with Crippen LogP contribution in [0.15, 0.2) is 12.1 Å². The second kappa shape index (κ2) is 10.0. The minimum atomic E-state index is 0.469. The first-order chi connectivity index (χ1) is 8.86. The second-order valence-electron chi connectivity index (χ2n) is 3.34. The lowest BCUT2D eigenvalue weighted by atomic mass is 10.5. The lowest BCUT2D eigenvalue weighted by Crippen LogP contribution is -2.12. The van der Waals surface area contributed by atoms with Crippen LogP contribution in [0.25, 0.3) is 0 Å². The van der Waals surface area contributed by atoms with Gasteiger partial charge in [-0.2, -0.15) is 0 Å². The van der Waals surface area contributed by atoms with E-state index in [0.717, 1.165) is 11.3 Å². The van der Waals surface area contributed by atoms with Crippen molar-refractivity contribution >= 4 is 17.6 Å². The Labute approximate surface area is 111 Å². The van der Waals surface area contributed by atoms with Crippen LogP contribution < -0.4 is 4.74 Å². The molecule has 0 radical (unpaired) electrons. The van der Waals surface area contributed by atoms with Crippen molar-refractivity contribution in [1.29, 1.82) is 0 Å². The highest BCUT2D eigenvalue weighted by atomic mass is 32.1. The summed E-state index contributed by atoms with van der Waals surface area (Å²) in [6, 6.07) is 3.51. The van der Waals surface area contributed by atoms with Gasteiger partial charge < -0.3 is 18.9 Å². The molecule has 0 N–H and O–H groups in total. The van der Waals surface area contributed by atoms with Gasteiger partial charge in [-0.15, -0.1) is 0 Å². The number of thiophene rings is 1. The molecular formula is C12H18O5S. The minimum absolute atomic E-state index is 0.469. The van der Waals surface area contributed by atoms with Crippen molar-refractivity contribution in [2.45, 2.75) is 0 Å². The standard InChI is InChI=1S/C12H18O5S/c1-14-4-5-15-6-7-16-8-9-17-12-3-2-11(10-13)18-12/h2-3,10H,4-9H2,1H3. The summed E-state index contributed by atoms with van der Waals surface area (Å²) in [5, 5.41) is 0.733. The maximum absolute atomic E-state index is 10.5. The number of methoxy groups -OCH3 is 1. The summed E-state index contributed by atoms with van der Waals surface area (Å²) in [6.07, 6.45) is 0.811. The van der Waals surface area contributed by atoms with Gasteiger partial charge in [0.05, 0.1) is 37.9 Å². The lowest BCUT2D eigenvalue weighted by molar-refractivity contribution is 0.0182. The van der Waals surface area contributed by atoms with Crippen molar-refractivity contribution in [2.24, 2.45) is 0 Å². The summed E-state index contributed by atoms with van der Waals surface area (Å²) in [4.78, 5) is 11.1. The van der Waals surface area contributed by atoms with Gasteiger partial charge in [-0.05, 0) is 12.1 Å². The summed E-state index contributed by atoms with van der Waals surface area (Å²) in [5.74, 6) is 0. The van der Waals surface area contributed by atoms with Crippen LogP contribution in [0.4, 0.5) is 0 Å². The molecule has 18 heavy (non-hydrogen) atoms. The first kappa shape index (κ1) is 15.1. The van der Waals surface area contributed by atoms with Gasteiger partial charge in [-0.1, -0.05) is 11.3 Å². The highest BCUT2D eigenvalue weighted by molar-refractivity contribution is 7.15. The molecule has 5 nitrogen and oxygen atoms in total. The van der Waals surface area contributed by atoms with E-state index >= 15 is 0 Å². The second-order valence-corrected chi connectivity index (χ2v) is 4.42. The molecule has 0 aromatic carbocycles. The zero-order valence-electron chi connectivity index (χ0n) is 10.4. The van der Waals surface area contributed by atoms with E-state index in [1.165, 1.54) is 11.3 Å². The molecule has 0 fully saturated rings. The summed E-state index contributed by atoms with van der Waals surface area (Å²) in [7, 11) is 1.64. The van der Waals surface area contributed by atoms with Gasteiger partial charge in [-0.3, -0.25) is 4.79 Å². The first-order valence-electron chi connectivity index (χ1n) is 5.69. The molecule has 0 unspecified atom stereocenters.